The van der Waals surface area contributed by atoms with Gasteiger partial charge >= 0.3 is 0 Å². The highest BCUT2D eigenvalue weighted by atomic mass is 32.2. The van der Waals surface area contributed by atoms with Crippen molar-refractivity contribution in [1.29, 1.82) is 0 Å². The normalized spacial score (nSPS) is 14.4. The molecule has 1 aliphatic rings. The molecule has 0 saturated carbocycles. The van der Waals surface area contributed by atoms with Gasteiger partial charge in [0.15, 0.2) is 0 Å². The van der Waals surface area contributed by atoms with Crippen molar-refractivity contribution < 1.29 is 0 Å². The smallest absolute Gasteiger partial charge is 0.0542 e. The highest BCUT2D eigenvalue weighted by Gasteiger charge is 1.86. The molecule has 10 heavy (non-hydrogen) atoms. The van der Waals surface area contributed by atoms with E-state index in [0.29, 0.717) is 0 Å². The number of aromatic amines is 1. The Morgan fingerprint density at radius 3 is 2.30 bits per heavy atom. The van der Waals surface area contributed by atoms with E-state index in [-0.39, 0.29) is 0 Å². The van der Waals surface area contributed by atoms with Crippen LogP contribution in [0.2, 0.25) is 0 Å². The van der Waals surface area contributed by atoms with Crippen molar-refractivity contribution in [2.24, 2.45) is 4.99 Å². The summed E-state index contributed by atoms with van der Waals surface area (Å²) in [7, 11) is 0. The Balaban J connectivity index is 0.0000001000. The third-order valence-corrected chi connectivity index (χ3v) is 1.70. The van der Waals surface area contributed by atoms with Crippen LogP contribution in [-0.2, 0) is 0 Å². The summed E-state index contributed by atoms with van der Waals surface area (Å²) < 4.78 is 0. The van der Waals surface area contributed by atoms with Gasteiger partial charge in [-0.15, -0.1) is 11.8 Å². The summed E-state index contributed by atoms with van der Waals surface area (Å²) in [5.74, 6) is 1.19. The number of aromatic nitrogens is 1. The standard InChI is InChI=1S/C4H5N.C3H5NS/c1-2-4-5-3-1;1-2-5-3-4-1/h1-5H;3H,1-2H2. The third-order valence-electron chi connectivity index (χ3n) is 0.983. The Hall–Kier alpha value is -0.700. The third kappa shape index (κ3) is 3.35. The largest absolute Gasteiger partial charge is 0.368 e. The van der Waals surface area contributed by atoms with Crippen LogP contribution in [0.25, 0.3) is 0 Å². The zero-order valence-electron chi connectivity index (χ0n) is 5.66. The first kappa shape index (κ1) is 7.41. The summed E-state index contributed by atoms with van der Waals surface area (Å²) in [6, 6.07) is 3.89. The van der Waals surface area contributed by atoms with Crippen LogP contribution in [0.4, 0.5) is 0 Å². The van der Waals surface area contributed by atoms with Crippen LogP contribution in [0.1, 0.15) is 0 Å². The van der Waals surface area contributed by atoms with Gasteiger partial charge in [0.1, 0.15) is 0 Å². The summed E-state index contributed by atoms with van der Waals surface area (Å²) in [5.41, 5.74) is 1.90. The molecule has 2 nitrogen and oxygen atoms in total. The lowest BCUT2D eigenvalue weighted by atomic mass is 10.7. The zero-order chi connectivity index (χ0) is 7.07. The molecule has 0 saturated heterocycles. The van der Waals surface area contributed by atoms with Crippen molar-refractivity contribution in [3.05, 3.63) is 24.5 Å². The predicted molar refractivity (Wildman–Crippen MR) is 46.6 cm³/mol. The van der Waals surface area contributed by atoms with Gasteiger partial charge in [-0.3, -0.25) is 4.99 Å². The van der Waals surface area contributed by atoms with Crippen LogP contribution in [0.15, 0.2) is 29.5 Å². The number of aliphatic imine (C=N–C) groups is 1. The minimum Gasteiger partial charge on any atom is -0.368 e. The second kappa shape index (κ2) is 5.11. The van der Waals surface area contributed by atoms with Crippen molar-refractivity contribution in [3.8, 4) is 0 Å². The van der Waals surface area contributed by atoms with Crippen molar-refractivity contribution >= 4 is 17.3 Å². The summed E-state index contributed by atoms with van der Waals surface area (Å²) >= 11 is 1.78. The summed E-state index contributed by atoms with van der Waals surface area (Å²) in [6.07, 6.45) is 3.75. The van der Waals surface area contributed by atoms with Gasteiger partial charge in [-0.05, 0) is 12.1 Å². The molecule has 2 heterocycles. The lowest BCUT2D eigenvalue weighted by molar-refractivity contribution is 1.18. The molecule has 2 rings (SSSR count). The molecule has 0 aromatic carbocycles. The van der Waals surface area contributed by atoms with E-state index in [4.69, 9.17) is 0 Å². The van der Waals surface area contributed by atoms with Crippen LogP contribution in [0, 0.1) is 0 Å². The average molecular weight is 154 g/mol. The van der Waals surface area contributed by atoms with Crippen molar-refractivity contribution in [2.75, 3.05) is 12.3 Å². The molecule has 0 bridgehead atoms. The van der Waals surface area contributed by atoms with Crippen LogP contribution < -0.4 is 0 Å². The number of hydrogen-bond acceptors (Lipinski definition) is 2. The summed E-state index contributed by atoms with van der Waals surface area (Å²) in [6.45, 7) is 1.03. The zero-order valence-corrected chi connectivity index (χ0v) is 6.47. The Bertz CT molecular complexity index is 147. The number of rotatable bonds is 0. The Kier molecular flexibility index (Phi) is 3.79. The van der Waals surface area contributed by atoms with E-state index in [1.165, 1.54) is 5.75 Å². The van der Waals surface area contributed by atoms with Gasteiger partial charge in [0.05, 0.1) is 5.55 Å². The van der Waals surface area contributed by atoms with Gasteiger partial charge in [-0.1, -0.05) is 0 Å². The van der Waals surface area contributed by atoms with Gasteiger partial charge in [0.2, 0.25) is 0 Å². The number of H-pyrrole nitrogens is 1. The van der Waals surface area contributed by atoms with Crippen LogP contribution >= 0.6 is 11.8 Å². The molecule has 0 amide bonds. The molecule has 0 aliphatic carbocycles. The fourth-order valence-corrected chi connectivity index (χ4v) is 1.07. The summed E-state index contributed by atoms with van der Waals surface area (Å²) in [5, 5.41) is 0. The van der Waals surface area contributed by atoms with E-state index < -0.39 is 0 Å². The van der Waals surface area contributed by atoms with Gasteiger partial charge < -0.3 is 4.98 Å². The van der Waals surface area contributed by atoms with Gasteiger partial charge in [-0.25, -0.2) is 0 Å². The van der Waals surface area contributed by atoms with Gasteiger partial charge in [-0.2, -0.15) is 0 Å². The van der Waals surface area contributed by atoms with E-state index in [0.717, 1.165) is 6.54 Å². The monoisotopic (exact) mass is 154 g/mol. The van der Waals surface area contributed by atoms with E-state index in [9.17, 15) is 0 Å². The quantitative estimate of drug-likeness (QED) is 0.606. The van der Waals surface area contributed by atoms with Crippen LogP contribution in [-0.4, -0.2) is 22.8 Å². The maximum atomic E-state index is 3.92. The Morgan fingerprint density at radius 1 is 1.30 bits per heavy atom. The molecule has 0 fully saturated rings. The molecule has 3 heteroatoms. The summed E-state index contributed by atoms with van der Waals surface area (Å²) in [4.78, 5) is 6.78. The fraction of sp³-hybridized carbons (Fsp3) is 0.286. The predicted octanol–water partition coefficient (Wildman–Crippen LogP) is 1.78. The maximum absolute atomic E-state index is 3.92. The lowest BCUT2D eigenvalue weighted by Gasteiger charge is -1.67. The second-order valence-corrected chi connectivity index (χ2v) is 2.72. The number of hydrogen-bond donors (Lipinski definition) is 1. The van der Waals surface area contributed by atoms with E-state index in [1.54, 1.807) is 11.8 Å². The Labute approximate surface area is 64.8 Å². The molecule has 1 aliphatic heterocycles. The minimum absolute atomic E-state index is 1.03. The van der Waals surface area contributed by atoms with Crippen LogP contribution in [0.5, 0.6) is 0 Å². The molecular weight excluding hydrogens is 144 g/mol. The molecule has 1 N–H and O–H groups in total. The van der Waals surface area contributed by atoms with Crippen molar-refractivity contribution in [2.45, 2.75) is 0 Å². The number of thioether (sulfide) groups is 1. The topological polar surface area (TPSA) is 28.1 Å². The van der Waals surface area contributed by atoms with E-state index >= 15 is 0 Å². The lowest BCUT2D eigenvalue weighted by Crippen LogP contribution is -1.69. The molecular formula is C7H10N2S. The van der Waals surface area contributed by atoms with Crippen LogP contribution in [0.3, 0.4) is 0 Å². The fourth-order valence-electron chi connectivity index (χ4n) is 0.541. The SMILES string of the molecule is C1=NCCS1.c1cc[nH]c1. The van der Waals surface area contributed by atoms with Crippen molar-refractivity contribution in [3.63, 3.8) is 0 Å². The van der Waals surface area contributed by atoms with E-state index in [1.807, 2.05) is 30.1 Å². The molecule has 1 aromatic rings. The average Bonchev–Trinajstić information content (AvgIpc) is 2.67. The number of nitrogens with zero attached hydrogens (tertiary/aromatic N) is 1. The first-order valence-corrected chi connectivity index (χ1v) is 4.22. The van der Waals surface area contributed by atoms with Crippen molar-refractivity contribution in [1.82, 2.24) is 4.98 Å². The maximum Gasteiger partial charge on any atom is 0.0542 e. The first-order chi connectivity index (χ1) is 5.00. The molecule has 0 atom stereocenters. The highest BCUT2D eigenvalue weighted by Crippen LogP contribution is 1.99. The highest BCUT2D eigenvalue weighted by molar-refractivity contribution is 8.12. The van der Waals surface area contributed by atoms with E-state index in [2.05, 4.69) is 9.98 Å². The Morgan fingerprint density at radius 2 is 2.10 bits per heavy atom. The first-order valence-electron chi connectivity index (χ1n) is 3.18. The molecule has 0 unspecified atom stereocenters. The molecule has 54 valence electrons. The second-order valence-electron chi connectivity index (χ2n) is 1.77. The van der Waals surface area contributed by atoms with Gasteiger partial charge in [0, 0.05) is 24.7 Å². The van der Waals surface area contributed by atoms with Gasteiger partial charge in [0.25, 0.3) is 0 Å². The minimum atomic E-state index is 1.03. The number of nitrogens with one attached hydrogen (secondary N) is 1. The molecule has 1 aromatic heterocycles. The molecule has 0 radical (unpaired) electrons. The molecule has 0 spiro atoms.